The van der Waals surface area contributed by atoms with Gasteiger partial charge >= 0.3 is 12.1 Å². The van der Waals surface area contributed by atoms with Crippen molar-refractivity contribution in [3.8, 4) is 11.3 Å². The van der Waals surface area contributed by atoms with E-state index in [0.29, 0.717) is 43.5 Å². The van der Waals surface area contributed by atoms with Gasteiger partial charge < -0.3 is 21.5 Å². The molecule has 0 aliphatic heterocycles. The zero-order chi connectivity index (χ0) is 20.0. The Bertz CT molecular complexity index is 1130. The minimum Gasteiger partial charge on any atom is -0.397 e. The van der Waals surface area contributed by atoms with Crippen LogP contribution in [0.4, 0.5) is 16.4 Å². The van der Waals surface area contributed by atoms with Gasteiger partial charge in [-0.05, 0) is 31.0 Å². The molecule has 11 heteroatoms. The lowest BCUT2D eigenvalue weighted by Crippen LogP contribution is -2.18. The molecule has 0 radical (unpaired) electrons. The minimum absolute atomic E-state index is 0.0120. The van der Waals surface area contributed by atoms with Crippen LogP contribution in [0, 0.1) is 0 Å². The number of halogens is 2. The van der Waals surface area contributed by atoms with Crippen molar-refractivity contribution in [2.75, 3.05) is 11.1 Å². The fourth-order valence-corrected chi connectivity index (χ4v) is 4.13. The third-order valence-electron chi connectivity index (χ3n) is 4.06. The molecular formula is C17H13Cl2N5O3S. The first kappa shape index (κ1) is 18.7. The van der Waals surface area contributed by atoms with Gasteiger partial charge in [-0.1, -0.05) is 23.2 Å². The molecule has 0 saturated heterocycles. The number of amides is 1. The zero-order valence-electron chi connectivity index (χ0n) is 14.2. The molecule has 1 amide bonds. The fraction of sp³-hybridized carbons (Fsp3) is 0.176. The molecule has 5 N–H and O–H groups in total. The summed E-state index contributed by atoms with van der Waals surface area (Å²) in [6, 6.07) is 5.29. The van der Waals surface area contributed by atoms with Gasteiger partial charge in [0.05, 0.1) is 21.8 Å². The Balaban J connectivity index is 1.93. The predicted octanol–water partition coefficient (Wildman–Crippen LogP) is 4.06. The predicted molar refractivity (Wildman–Crippen MR) is 109 cm³/mol. The van der Waals surface area contributed by atoms with Crippen molar-refractivity contribution in [2.24, 2.45) is 5.73 Å². The number of anilines is 2. The Morgan fingerprint density at radius 3 is 2.64 bits per heavy atom. The standard InChI is InChI=1S/C17H13Cl2N5O3S/c18-6-1-4-8(9(19)5-6)12-10-11(20)13(15(25)27-16(21)26)28-14(10)24-17(23-12)22-7-2-3-7/h1,4-5,7H,2-3,20H2,(H2,21,26)(H,22,23,24). The average molecular weight is 438 g/mol. The van der Waals surface area contributed by atoms with Gasteiger partial charge in [-0.25, -0.2) is 19.6 Å². The molecule has 0 atom stereocenters. The first-order valence-corrected chi connectivity index (χ1v) is 9.74. The Labute approximate surface area is 172 Å². The van der Waals surface area contributed by atoms with Crippen LogP contribution in [-0.4, -0.2) is 28.1 Å². The highest BCUT2D eigenvalue weighted by atomic mass is 35.5. The lowest BCUT2D eigenvalue weighted by atomic mass is 10.1. The molecule has 2 heterocycles. The highest BCUT2D eigenvalue weighted by Gasteiger charge is 2.27. The van der Waals surface area contributed by atoms with Gasteiger partial charge in [0.25, 0.3) is 0 Å². The third kappa shape index (κ3) is 3.56. The van der Waals surface area contributed by atoms with E-state index in [9.17, 15) is 9.59 Å². The van der Waals surface area contributed by atoms with Crippen LogP contribution in [0.25, 0.3) is 21.5 Å². The maximum absolute atomic E-state index is 12.2. The molecule has 0 spiro atoms. The number of esters is 1. The zero-order valence-corrected chi connectivity index (χ0v) is 16.5. The molecule has 1 fully saturated rings. The quantitative estimate of drug-likeness (QED) is 0.413. The van der Waals surface area contributed by atoms with Crippen LogP contribution in [0.5, 0.6) is 0 Å². The third-order valence-corrected chi connectivity index (χ3v) is 5.69. The number of rotatable bonds is 4. The molecule has 0 bridgehead atoms. The van der Waals surface area contributed by atoms with Crippen LogP contribution in [0.3, 0.4) is 0 Å². The van der Waals surface area contributed by atoms with Crippen molar-refractivity contribution in [3.05, 3.63) is 33.1 Å². The maximum atomic E-state index is 12.2. The molecule has 0 unspecified atom stereocenters. The van der Waals surface area contributed by atoms with Crippen molar-refractivity contribution in [1.29, 1.82) is 0 Å². The number of aromatic nitrogens is 2. The number of nitrogens with one attached hydrogen (secondary N) is 1. The van der Waals surface area contributed by atoms with E-state index in [0.717, 1.165) is 24.2 Å². The first-order valence-electron chi connectivity index (χ1n) is 8.17. The van der Waals surface area contributed by atoms with Gasteiger partial charge in [-0.2, -0.15) is 0 Å². The van der Waals surface area contributed by atoms with E-state index in [2.05, 4.69) is 20.0 Å². The second-order valence-electron chi connectivity index (χ2n) is 6.17. The summed E-state index contributed by atoms with van der Waals surface area (Å²) in [6.07, 6.45) is 0.840. The van der Waals surface area contributed by atoms with Crippen LogP contribution in [0.2, 0.25) is 10.0 Å². The number of benzene rings is 1. The van der Waals surface area contributed by atoms with Crippen LogP contribution in [0.1, 0.15) is 22.5 Å². The molecule has 1 aliphatic carbocycles. The van der Waals surface area contributed by atoms with E-state index >= 15 is 0 Å². The Morgan fingerprint density at radius 1 is 1.25 bits per heavy atom. The number of carbonyl (C=O) groups is 2. The number of nitrogens with zero attached hydrogens (tertiary/aromatic N) is 2. The first-order chi connectivity index (χ1) is 13.3. The molecule has 1 aromatic carbocycles. The van der Waals surface area contributed by atoms with Gasteiger partial charge in [-0.15, -0.1) is 11.3 Å². The highest BCUT2D eigenvalue weighted by molar-refractivity contribution is 7.21. The fourth-order valence-electron chi connectivity index (χ4n) is 2.66. The highest BCUT2D eigenvalue weighted by Crippen LogP contribution is 2.42. The lowest BCUT2D eigenvalue weighted by Gasteiger charge is -2.10. The summed E-state index contributed by atoms with van der Waals surface area (Å²) >= 11 is 13.4. The molecular weight excluding hydrogens is 425 g/mol. The van der Waals surface area contributed by atoms with E-state index in [1.165, 1.54) is 0 Å². The number of carbonyl (C=O) groups excluding carboxylic acids is 2. The van der Waals surface area contributed by atoms with Crippen LogP contribution >= 0.6 is 34.5 Å². The molecule has 4 rings (SSSR count). The summed E-state index contributed by atoms with van der Waals surface area (Å²) in [7, 11) is 0. The second kappa shape index (κ2) is 7.08. The van der Waals surface area contributed by atoms with Crippen LogP contribution in [-0.2, 0) is 4.74 Å². The van der Waals surface area contributed by atoms with Gasteiger partial charge in [-0.3, -0.25) is 0 Å². The number of nitrogens with two attached hydrogens (primary N) is 2. The van der Waals surface area contributed by atoms with Gasteiger partial charge in [0.1, 0.15) is 9.71 Å². The lowest BCUT2D eigenvalue weighted by molar-refractivity contribution is 0.0644. The van der Waals surface area contributed by atoms with Crippen molar-refractivity contribution >= 4 is 68.5 Å². The number of hydrogen-bond acceptors (Lipinski definition) is 8. The van der Waals surface area contributed by atoms with E-state index in [1.54, 1.807) is 18.2 Å². The molecule has 28 heavy (non-hydrogen) atoms. The Morgan fingerprint density at radius 2 is 2.00 bits per heavy atom. The second-order valence-corrected chi connectivity index (χ2v) is 8.01. The molecule has 3 aromatic rings. The largest absolute Gasteiger partial charge is 0.412 e. The molecule has 2 aromatic heterocycles. The minimum atomic E-state index is -1.22. The number of hydrogen-bond donors (Lipinski definition) is 3. The summed E-state index contributed by atoms with van der Waals surface area (Å²) in [4.78, 5) is 32.6. The maximum Gasteiger partial charge on any atom is 0.412 e. The van der Waals surface area contributed by atoms with Crippen molar-refractivity contribution < 1.29 is 14.3 Å². The number of primary amides is 1. The monoisotopic (exact) mass is 437 g/mol. The average Bonchev–Trinajstić information content (AvgIpc) is 3.35. The SMILES string of the molecule is NC(=O)OC(=O)c1sc2nc(NC3CC3)nc(-c3ccc(Cl)cc3Cl)c2c1N. The topological polar surface area (TPSA) is 133 Å². The van der Waals surface area contributed by atoms with E-state index in [4.69, 9.17) is 34.7 Å². The molecule has 1 aliphatic rings. The van der Waals surface area contributed by atoms with Crippen LogP contribution in [0.15, 0.2) is 18.2 Å². The summed E-state index contributed by atoms with van der Waals surface area (Å²) in [5.74, 6) is -0.551. The molecule has 144 valence electrons. The van der Waals surface area contributed by atoms with Crippen molar-refractivity contribution in [1.82, 2.24) is 9.97 Å². The van der Waals surface area contributed by atoms with E-state index < -0.39 is 12.1 Å². The van der Waals surface area contributed by atoms with Crippen molar-refractivity contribution in [3.63, 3.8) is 0 Å². The smallest absolute Gasteiger partial charge is 0.397 e. The Kier molecular flexibility index (Phi) is 4.74. The van der Waals surface area contributed by atoms with Gasteiger partial charge in [0.2, 0.25) is 5.95 Å². The summed E-state index contributed by atoms with van der Waals surface area (Å²) in [5.41, 5.74) is 12.2. The summed E-state index contributed by atoms with van der Waals surface area (Å²) < 4.78 is 4.46. The number of ether oxygens (including phenoxy) is 1. The van der Waals surface area contributed by atoms with Crippen LogP contribution < -0.4 is 16.8 Å². The number of thiophene rings is 1. The normalized spacial score (nSPS) is 13.5. The van der Waals surface area contributed by atoms with E-state index in [1.807, 2.05) is 0 Å². The van der Waals surface area contributed by atoms with Gasteiger partial charge in [0, 0.05) is 16.6 Å². The van der Waals surface area contributed by atoms with Crippen molar-refractivity contribution in [2.45, 2.75) is 18.9 Å². The molecule has 1 saturated carbocycles. The number of fused-ring (bicyclic) bond motifs is 1. The Hall–Kier alpha value is -2.62. The molecule has 8 nitrogen and oxygen atoms in total. The van der Waals surface area contributed by atoms with Gasteiger partial charge in [0.15, 0.2) is 0 Å². The number of nitrogen functional groups attached to an aromatic ring is 1. The summed E-state index contributed by atoms with van der Waals surface area (Å²) in [6.45, 7) is 0. The summed E-state index contributed by atoms with van der Waals surface area (Å²) in [5, 5.41) is 4.50. The van der Waals surface area contributed by atoms with E-state index in [-0.39, 0.29) is 10.6 Å².